The Morgan fingerprint density at radius 2 is 1.77 bits per heavy atom. The molecule has 0 amide bonds. The summed E-state index contributed by atoms with van der Waals surface area (Å²) in [6.45, 7) is 5.15. The molecule has 1 saturated heterocycles. The molecule has 1 fully saturated rings. The number of halogens is 1. The third-order valence-electron chi connectivity index (χ3n) is 6.63. The van der Waals surface area contributed by atoms with E-state index in [1.807, 2.05) is 31.2 Å². The zero-order valence-electron chi connectivity index (χ0n) is 22.0. The van der Waals surface area contributed by atoms with Gasteiger partial charge in [-0.05, 0) is 86.1 Å². The number of benzene rings is 3. The predicted molar refractivity (Wildman–Crippen MR) is 156 cm³/mol. The van der Waals surface area contributed by atoms with Gasteiger partial charge in [0.1, 0.15) is 11.3 Å². The number of nitrogen functional groups attached to an aromatic ring is 1. The fraction of sp³-hybridized carbons (Fsp3) is 0.321. The lowest BCUT2D eigenvalue weighted by molar-refractivity contribution is -0.641. The normalized spacial score (nSPS) is 13.7. The lowest BCUT2D eigenvalue weighted by Crippen LogP contribution is -2.33. The number of rotatable bonds is 7. The molecule has 0 spiro atoms. The summed E-state index contributed by atoms with van der Waals surface area (Å²) in [7, 11) is -1.53. The van der Waals surface area contributed by atoms with Crippen LogP contribution in [-0.2, 0) is 9.84 Å². The van der Waals surface area contributed by atoms with Crippen molar-refractivity contribution in [3.05, 3.63) is 75.9 Å². The van der Waals surface area contributed by atoms with Gasteiger partial charge in [-0.2, -0.15) is 0 Å². The van der Waals surface area contributed by atoms with Crippen molar-refractivity contribution in [1.29, 1.82) is 0 Å². The molecule has 0 aliphatic carbocycles. The fourth-order valence-electron chi connectivity index (χ4n) is 4.59. The van der Waals surface area contributed by atoms with E-state index in [-0.39, 0.29) is 11.7 Å². The highest BCUT2D eigenvalue weighted by atomic mass is 79.9. The van der Waals surface area contributed by atoms with E-state index in [0.29, 0.717) is 26.5 Å². The maximum atomic E-state index is 12.1. The molecule has 4 aromatic rings. The first-order chi connectivity index (χ1) is 18.7. The fourth-order valence-corrected chi connectivity index (χ4v) is 6.15. The van der Waals surface area contributed by atoms with Crippen molar-refractivity contribution in [2.45, 2.75) is 31.1 Å². The number of methoxy groups -OCH3 is 1. The largest absolute Gasteiger partial charge is 0.594 e. The lowest BCUT2D eigenvalue weighted by atomic mass is 9.99. The van der Waals surface area contributed by atoms with Gasteiger partial charge < -0.3 is 20.6 Å². The molecule has 11 heteroatoms. The Hall–Kier alpha value is -3.28. The number of anilines is 1. The molecule has 0 radical (unpaired) electrons. The first-order valence-corrected chi connectivity index (χ1v) is 15.1. The average Bonchev–Trinajstić information content (AvgIpc) is 3.42. The van der Waals surface area contributed by atoms with Crippen molar-refractivity contribution in [2.75, 3.05) is 38.2 Å². The second-order valence-electron chi connectivity index (χ2n) is 9.37. The van der Waals surface area contributed by atoms with Gasteiger partial charge in [0.05, 0.1) is 22.9 Å². The molecule has 2 N–H and O–H groups in total. The van der Waals surface area contributed by atoms with Crippen LogP contribution < -0.4 is 15.3 Å². The van der Waals surface area contributed by atoms with Crippen LogP contribution in [0.2, 0.25) is 0 Å². The lowest BCUT2D eigenvalue weighted by Gasteiger charge is -2.14. The van der Waals surface area contributed by atoms with Crippen LogP contribution in [-0.4, -0.2) is 55.9 Å². The van der Waals surface area contributed by atoms with Crippen LogP contribution in [0.1, 0.15) is 24.8 Å². The molecule has 1 aromatic heterocycles. The minimum atomic E-state index is -3.12. The zero-order valence-corrected chi connectivity index (χ0v) is 24.4. The van der Waals surface area contributed by atoms with Gasteiger partial charge in [0, 0.05) is 22.2 Å². The standard InChI is InChI=1S/C15H14N4O2.C13H18BrNO2S/c1-9-5-3-4-6-10(9)11-7-13-12(8-14(11)21-2)17-15(16)18-19(13)20;14-12-4-6-13(7-5-12)18(16,17)11-3-10-15-8-1-2-9-15/h3-8H,1-2H3,(H2,16,17,18);4-7H,1-3,8-11H2. The van der Waals surface area contributed by atoms with Gasteiger partial charge in [-0.25, -0.2) is 13.4 Å². The topological polar surface area (TPSA) is 125 Å². The highest BCUT2D eigenvalue weighted by molar-refractivity contribution is 9.10. The molecule has 3 aromatic carbocycles. The molecular formula is C28H32BrN5O4S. The van der Waals surface area contributed by atoms with Crippen LogP contribution in [0.3, 0.4) is 0 Å². The number of hydrogen-bond donors (Lipinski definition) is 1. The van der Waals surface area contributed by atoms with E-state index in [4.69, 9.17) is 10.5 Å². The Kier molecular flexibility index (Phi) is 9.36. The molecule has 206 valence electrons. The summed E-state index contributed by atoms with van der Waals surface area (Å²) >= 11 is 3.31. The molecule has 2 heterocycles. The van der Waals surface area contributed by atoms with Crippen molar-refractivity contribution in [2.24, 2.45) is 0 Å². The predicted octanol–water partition coefficient (Wildman–Crippen LogP) is 4.54. The SMILES string of the molecule is COc1cc2nc(N)n[n+]([O-])c2cc1-c1ccccc1C.O=S(=O)(CCCN1CCCC1)c1ccc(Br)cc1. The number of nitrogens with zero attached hydrogens (tertiary/aromatic N) is 4. The van der Waals surface area contributed by atoms with E-state index < -0.39 is 9.84 Å². The molecule has 1 aliphatic rings. The first kappa shape index (κ1) is 28.7. The van der Waals surface area contributed by atoms with E-state index >= 15 is 0 Å². The molecule has 5 rings (SSSR count). The second kappa shape index (κ2) is 12.7. The van der Waals surface area contributed by atoms with Gasteiger partial charge in [0.15, 0.2) is 9.84 Å². The Morgan fingerprint density at radius 1 is 1.08 bits per heavy atom. The van der Waals surface area contributed by atoms with E-state index in [9.17, 15) is 13.6 Å². The van der Waals surface area contributed by atoms with Gasteiger partial charge in [-0.15, -0.1) is 0 Å². The van der Waals surface area contributed by atoms with Crippen molar-refractivity contribution in [3.63, 3.8) is 0 Å². The van der Waals surface area contributed by atoms with E-state index in [0.717, 1.165) is 47.2 Å². The average molecular weight is 615 g/mol. The maximum absolute atomic E-state index is 12.1. The van der Waals surface area contributed by atoms with E-state index in [1.54, 1.807) is 43.5 Å². The quantitative estimate of drug-likeness (QED) is 0.238. The summed E-state index contributed by atoms with van der Waals surface area (Å²) in [4.78, 5) is 7.32. The highest BCUT2D eigenvalue weighted by Crippen LogP contribution is 2.34. The summed E-state index contributed by atoms with van der Waals surface area (Å²) in [6.07, 6.45) is 3.22. The molecule has 0 saturated carbocycles. The Balaban J connectivity index is 0.000000183. The zero-order chi connectivity index (χ0) is 28.0. The van der Waals surface area contributed by atoms with Crippen molar-refractivity contribution < 1.29 is 18.0 Å². The molecule has 39 heavy (non-hydrogen) atoms. The van der Waals surface area contributed by atoms with Crippen LogP contribution in [0.5, 0.6) is 5.75 Å². The first-order valence-electron chi connectivity index (χ1n) is 12.7. The summed E-state index contributed by atoms with van der Waals surface area (Å²) in [5.74, 6) is 0.809. The molecule has 9 nitrogen and oxygen atoms in total. The Labute approximate surface area is 237 Å². The smallest absolute Gasteiger partial charge is 0.288 e. The number of ether oxygens (including phenoxy) is 1. The van der Waals surface area contributed by atoms with Gasteiger partial charge >= 0.3 is 0 Å². The molecule has 0 unspecified atom stereocenters. The second-order valence-corrected chi connectivity index (χ2v) is 12.4. The Morgan fingerprint density at radius 3 is 2.44 bits per heavy atom. The van der Waals surface area contributed by atoms with Crippen LogP contribution in [0, 0.1) is 12.1 Å². The van der Waals surface area contributed by atoms with Gasteiger partial charge in [0.2, 0.25) is 0 Å². The number of hydrogen-bond acceptors (Lipinski definition) is 8. The van der Waals surface area contributed by atoms with E-state index in [1.165, 1.54) is 12.8 Å². The number of nitrogens with two attached hydrogens (primary N) is 1. The third kappa shape index (κ3) is 7.23. The van der Waals surface area contributed by atoms with Crippen molar-refractivity contribution >= 4 is 42.7 Å². The van der Waals surface area contributed by atoms with Crippen molar-refractivity contribution in [1.82, 2.24) is 15.0 Å². The summed E-state index contributed by atoms with van der Waals surface area (Å²) < 4.78 is 30.5. The van der Waals surface area contributed by atoms with Crippen LogP contribution in [0.15, 0.2) is 70.0 Å². The molecule has 0 bridgehead atoms. The highest BCUT2D eigenvalue weighted by Gasteiger charge is 2.18. The van der Waals surface area contributed by atoms with Crippen LogP contribution >= 0.6 is 15.9 Å². The number of fused-ring (bicyclic) bond motifs is 1. The molecular weight excluding hydrogens is 582 g/mol. The number of likely N-dealkylation sites (tertiary alicyclic amines) is 1. The monoisotopic (exact) mass is 613 g/mol. The minimum absolute atomic E-state index is 0.0665. The summed E-state index contributed by atoms with van der Waals surface area (Å²) in [6, 6.07) is 18.2. The summed E-state index contributed by atoms with van der Waals surface area (Å²) in [5.41, 5.74) is 9.21. The van der Waals surface area contributed by atoms with E-state index in [2.05, 4.69) is 30.9 Å². The minimum Gasteiger partial charge on any atom is -0.594 e. The number of aromatic nitrogens is 3. The van der Waals surface area contributed by atoms with Gasteiger partial charge in [-0.1, -0.05) is 40.2 Å². The number of sulfone groups is 1. The summed E-state index contributed by atoms with van der Waals surface area (Å²) in [5, 5.41) is 15.5. The maximum Gasteiger partial charge on any atom is 0.288 e. The van der Waals surface area contributed by atoms with Crippen LogP contribution in [0.25, 0.3) is 22.2 Å². The Bertz CT molecular complexity index is 1540. The third-order valence-corrected chi connectivity index (χ3v) is 8.97. The van der Waals surface area contributed by atoms with Gasteiger partial charge in [-0.3, -0.25) is 0 Å². The molecule has 1 aliphatic heterocycles. The van der Waals surface area contributed by atoms with Gasteiger partial charge in [0.25, 0.3) is 11.5 Å². The van der Waals surface area contributed by atoms with Crippen LogP contribution in [0.4, 0.5) is 5.95 Å². The van der Waals surface area contributed by atoms with Crippen molar-refractivity contribution in [3.8, 4) is 16.9 Å². The number of aryl methyl sites for hydroxylation is 1. The molecule has 0 atom stereocenters.